The van der Waals surface area contributed by atoms with Gasteiger partial charge in [-0.1, -0.05) is 6.92 Å². The summed E-state index contributed by atoms with van der Waals surface area (Å²) in [5.41, 5.74) is 2.50. The maximum atomic E-state index is 8.81. The van der Waals surface area contributed by atoms with Crippen molar-refractivity contribution < 1.29 is 0 Å². The van der Waals surface area contributed by atoms with E-state index in [1.54, 1.807) is 23.0 Å². The molecular formula is C12H13N5. The molecule has 0 unspecified atom stereocenters. The zero-order valence-corrected chi connectivity index (χ0v) is 9.81. The van der Waals surface area contributed by atoms with Gasteiger partial charge in [0.1, 0.15) is 5.82 Å². The van der Waals surface area contributed by atoms with E-state index in [0.717, 1.165) is 17.8 Å². The van der Waals surface area contributed by atoms with Crippen LogP contribution in [0, 0.1) is 11.3 Å². The van der Waals surface area contributed by atoms with Gasteiger partial charge in [0, 0.05) is 19.4 Å². The summed E-state index contributed by atoms with van der Waals surface area (Å²) >= 11 is 0. The Morgan fingerprint density at radius 2 is 2.35 bits per heavy atom. The number of aromatic nitrogens is 3. The molecule has 0 saturated carbocycles. The molecule has 0 amide bonds. The van der Waals surface area contributed by atoms with Crippen molar-refractivity contribution >= 4 is 11.5 Å². The van der Waals surface area contributed by atoms with E-state index in [0.29, 0.717) is 11.4 Å². The van der Waals surface area contributed by atoms with Gasteiger partial charge in [0.15, 0.2) is 0 Å². The molecule has 2 heterocycles. The molecule has 17 heavy (non-hydrogen) atoms. The van der Waals surface area contributed by atoms with E-state index in [1.165, 1.54) is 0 Å². The van der Waals surface area contributed by atoms with Crippen molar-refractivity contribution in [2.24, 2.45) is 7.05 Å². The lowest BCUT2D eigenvalue weighted by Gasteiger charge is -2.04. The SMILES string of the molecule is CCc1nn(C)cc1Nc1cc(C#N)ccn1. The van der Waals surface area contributed by atoms with Gasteiger partial charge in [-0.2, -0.15) is 10.4 Å². The number of aryl methyl sites for hydroxylation is 2. The van der Waals surface area contributed by atoms with Gasteiger partial charge in [0.05, 0.1) is 23.0 Å². The van der Waals surface area contributed by atoms with Gasteiger partial charge >= 0.3 is 0 Å². The van der Waals surface area contributed by atoms with E-state index in [9.17, 15) is 0 Å². The summed E-state index contributed by atoms with van der Waals surface area (Å²) in [7, 11) is 1.88. The topological polar surface area (TPSA) is 66.5 Å². The van der Waals surface area contributed by atoms with Crippen molar-refractivity contribution in [2.45, 2.75) is 13.3 Å². The molecule has 5 nitrogen and oxygen atoms in total. The number of pyridine rings is 1. The summed E-state index contributed by atoms with van der Waals surface area (Å²) in [5, 5.41) is 16.3. The highest BCUT2D eigenvalue weighted by Crippen LogP contribution is 2.19. The van der Waals surface area contributed by atoms with Crippen LogP contribution < -0.4 is 5.32 Å². The van der Waals surface area contributed by atoms with Crippen LogP contribution in [-0.4, -0.2) is 14.8 Å². The van der Waals surface area contributed by atoms with Crippen LogP contribution in [0.2, 0.25) is 0 Å². The Morgan fingerprint density at radius 3 is 3.06 bits per heavy atom. The van der Waals surface area contributed by atoms with Crippen molar-refractivity contribution in [3.05, 3.63) is 35.8 Å². The first-order valence-electron chi connectivity index (χ1n) is 5.38. The molecule has 0 aliphatic rings. The minimum atomic E-state index is 0.587. The summed E-state index contributed by atoms with van der Waals surface area (Å²) in [5.74, 6) is 0.659. The van der Waals surface area contributed by atoms with Gasteiger partial charge in [-0.25, -0.2) is 4.98 Å². The molecule has 0 aliphatic carbocycles. The largest absolute Gasteiger partial charge is 0.337 e. The molecule has 1 N–H and O–H groups in total. The van der Waals surface area contributed by atoms with E-state index in [2.05, 4.69) is 21.5 Å². The molecule has 0 fully saturated rings. The number of nitrogens with one attached hydrogen (secondary N) is 1. The Labute approximate surface area is 99.7 Å². The second-order valence-corrected chi connectivity index (χ2v) is 3.68. The maximum Gasteiger partial charge on any atom is 0.131 e. The van der Waals surface area contributed by atoms with Crippen LogP contribution in [0.3, 0.4) is 0 Å². The zero-order chi connectivity index (χ0) is 12.3. The van der Waals surface area contributed by atoms with Gasteiger partial charge in [-0.3, -0.25) is 4.68 Å². The first-order valence-corrected chi connectivity index (χ1v) is 5.38. The fraction of sp³-hybridized carbons (Fsp3) is 0.250. The average molecular weight is 227 g/mol. The summed E-state index contributed by atoms with van der Waals surface area (Å²) in [4.78, 5) is 4.17. The van der Waals surface area contributed by atoms with Crippen molar-refractivity contribution in [3.8, 4) is 6.07 Å². The average Bonchev–Trinajstić information content (AvgIpc) is 2.69. The minimum absolute atomic E-state index is 0.587. The van der Waals surface area contributed by atoms with E-state index in [1.807, 2.05) is 20.2 Å². The Bertz CT molecular complexity index is 565. The van der Waals surface area contributed by atoms with Crippen molar-refractivity contribution in [3.63, 3.8) is 0 Å². The first kappa shape index (κ1) is 11.1. The number of rotatable bonds is 3. The third kappa shape index (κ3) is 2.42. The van der Waals surface area contributed by atoms with E-state index in [-0.39, 0.29) is 0 Å². The van der Waals surface area contributed by atoms with E-state index >= 15 is 0 Å². The normalized spacial score (nSPS) is 9.94. The molecule has 5 heteroatoms. The van der Waals surface area contributed by atoms with Gasteiger partial charge < -0.3 is 5.32 Å². The van der Waals surface area contributed by atoms with Crippen LogP contribution in [0.15, 0.2) is 24.5 Å². The predicted octanol–water partition coefficient (Wildman–Crippen LogP) is 1.99. The lowest BCUT2D eigenvalue weighted by Crippen LogP contribution is -1.95. The Kier molecular flexibility index (Phi) is 3.06. The maximum absolute atomic E-state index is 8.81. The van der Waals surface area contributed by atoms with Gasteiger partial charge in [0.2, 0.25) is 0 Å². The molecular weight excluding hydrogens is 214 g/mol. The molecule has 2 rings (SSSR count). The van der Waals surface area contributed by atoms with E-state index in [4.69, 9.17) is 5.26 Å². The predicted molar refractivity (Wildman–Crippen MR) is 64.8 cm³/mol. The van der Waals surface area contributed by atoms with E-state index < -0.39 is 0 Å². The minimum Gasteiger partial charge on any atom is -0.337 e. The zero-order valence-electron chi connectivity index (χ0n) is 9.81. The van der Waals surface area contributed by atoms with Crippen molar-refractivity contribution in [2.75, 3.05) is 5.32 Å². The summed E-state index contributed by atoms with van der Waals surface area (Å²) < 4.78 is 1.76. The molecule has 0 radical (unpaired) electrons. The van der Waals surface area contributed by atoms with Gasteiger partial charge in [-0.05, 0) is 18.6 Å². The lowest BCUT2D eigenvalue weighted by molar-refractivity contribution is 0.746. The smallest absolute Gasteiger partial charge is 0.131 e. The van der Waals surface area contributed by atoms with Crippen molar-refractivity contribution in [1.82, 2.24) is 14.8 Å². The number of hydrogen-bond donors (Lipinski definition) is 1. The fourth-order valence-electron chi connectivity index (χ4n) is 1.61. The molecule has 2 aromatic rings. The molecule has 0 bridgehead atoms. The first-order chi connectivity index (χ1) is 8.22. The Morgan fingerprint density at radius 1 is 1.53 bits per heavy atom. The van der Waals surface area contributed by atoms with Gasteiger partial charge in [-0.15, -0.1) is 0 Å². The molecule has 0 aromatic carbocycles. The second kappa shape index (κ2) is 4.66. The summed E-state index contributed by atoms with van der Waals surface area (Å²) in [6.45, 7) is 2.05. The Balaban J connectivity index is 2.28. The number of nitrogens with zero attached hydrogens (tertiary/aromatic N) is 4. The van der Waals surface area contributed by atoms with Gasteiger partial charge in [0.25, 0.3) is 0 Å². The molecule has 0 saturated heterocycles. The monoisotopic (exact) mass is 227 g/mol. The Hall–Kier alpha value is -2.35. The number of anilines is 2. The van der Waals surface area contributed by atoms with Crippen LogP contribution in [0.1, 0.15) is 18.2 Å². The lowest BCUT2D eigenvalue weighted by atomic mass is 10.2. The highest BCUT2D eigenvalue weighted by molar-refractivity contribution is 5.59. The highest BCUT2D eigenvalue weighted by atomic mass is 15.3. The standard InChI is InChI=1S/C12H13N5/c1-3-10-11(8-17(2)16-10)15-12-6-9(7-13)4-5-14-12/h4-6,8H,3H2,1-2H3,(H,14,15). The van der Waals surface area contributed by atoms with Crippen LogP contribution >= 0.6 is 0 Å². The molecule has 0 aliphatic heterocycles. The van der Waals surface area contributed by atoms with Crippen LogP contribution in [-0.2, 0) is 13.5 Å². The summed E-state index contributed by atoms with van der Waals surface area (Å²) in [6, 6.07) is 5.48. The third-order valence-electron chi connectivity index (χ3n) is 2.39. The van der Waals surface area contributed by atoms with Crippen molar-refractivity contribution in [1.29, 1.82) is 5.26 Å². The fourth-order valence-corrected chi connectivity index (χ4v) is 1.61. The van der Waals surface area contributed by atoms with Crippen LogP contribution in [0.4, 0.5) is 11.5 Å². The van der Waals surface area contributed by atoms with Crippen LogP contribution in [0.5, 0.6) is 0 Å². The number of hydrogen-bond acceptors (Lipinski definition) is 4. The number of nitriles is 1. The van der Waals surface area contributed by atoms with Crippen LogP contribution in [0.25, 0.3) is 0 Å². The highest BCUT2D eigenvalue weighted by Gasteiger charge is 2.06. The molecule has 86 valence electrons. The second-order valence-electron chi connectivity index (χ2n) is 3.68. The molecule has 0 spiro atoms. The molecule has 2 aromatic heterocycles. The quantitative estimate of drug-likeness (QED) is 0.870. The molecule has 0 atom stereocenters. The third-order valence-corrected chi connectivity index (χ3v) is 2.39. The summed E-state index contributed by atoms with van der Waals surface area (Å²) in [6.07, 6.45) is 4.36.